The Bertz CT molecular complexity index is 1360. The lowest BCUT2D eigenvalue weighted by atomic mass is 9.97. The van der Waals surface area contributed by atoms with Crippen molar-refractivity contribution in [3.8, 4) is 22.6 Å². The van der Waals surface area contributed by atoms with Gasteiger partial charge in [-0.2, -0.15) is 11.3 Å². The Labute approximate surface area is 239 Å². The van der Waals surface area contributed by atoms with E-state index in [4.69, 9.17) is 14.6 Å². The molecular weight excluding hydrogens is 552 g/mol. The summed E-state index contributed by atoms with van der Waals surface area (Å²) in [6.45, 7) is 0.734. The van der Waals surface area contributed by atoms with Gasteiger partial charge >= 0.3 is 11.9 Å². The van der Waals surface area contributed by atoms with Gasteiger partial charge in [-0.1, -0.05) is 25.0 Å². The maximum Gasteiger partial charge on any atom is 0.303 e. The summed E-state index contributed by atoms with van der Waals surface area (Å²) in [5, 5.41) is 21.9. The van der Waals surface area contributed by atoms with E-state index in [0.717, 1.165) is 54.4 Å². The van der Waals surface area contributed by atoms with Crippen LogP contribution in [0.25, 0.3) is 11.1 Å². The summed E-state index contributed by atoms with van der Waals surface area (Å²) < 4.78 is 36.1. The molecule has 0 fully saturated rings. The molecule has 216 valence electrons. The maximum absolute atomic E-state index is 12.2. The molecule has 0 aliphatic heterocycles. The molecule has 40 heavy (non-hydrogen) atoms. The van der Waals surface area contributed by atoms with Crippen LogP contribution in [0, 0.1) is 0 Å². The molecule has 0 spiro atoms. The molecule has 0 aliphatic carbocycles. The standard InChI is InChI=1S/C30H36O8S2/c1-40(35,36)26-19-24(23-14-17-39-21-23)18-25(20-26)37-15-5-3-2-4-8-22-9-6-10-28(27(22)12-13-30(33)34)38-16-7-11-29(31)32/h6,9-10,14,17-21H,2-5,7-8,11-13,15-16H2,1H3,(H,31,32)(H,33,34). The Morgan fingerprint density at radius 1 is 0.825 bits per heavy atom. The van der Waals surface area contributed by atoms with Crippen LogP contribution in [0.15, 0.2) is 58.1 Å². The highest BCUT2D eigenvalue weighted by Gasteiger charge is 2.14. The first-order valence-electron chi connectivity index (χ1n) is 13.3. The van der Waals surface area contributed by atoms with Crippen LogP contribution >= 0.6 is 11.3 Å². The van der Waals surface area contributed by atoms with Crippen LogP contribution in [0.3, 0.4) is 0 Å². The van der Waals surface area contributed by atoms with E-state index in [0.29, 0.717) is 30.9 Å². The summed E-state index contributed by atoms with van der Waals surface area (Å²) in [7, 11) is -3.38. The predicted molar refractivity (Wildman–Crippen MR) is 155 cm³/mol. The fourth-order valence-corrected chi connectivity index (χ4v) is 5.66. The largest absolute Gasteiger partial charge is 0.494 e. The van der Waals surface area contributed by atoms with Crippen molar-refractivity contribution in [2.24, 2.45) is 0 Å². The van der Waals surface area contributed by atoms with Crippen LogP contribution in [0.5, 0.6) is 11.5 Å². The Kier molecular flexibility index (Phi) is 12.0. The quantitative estimate of drug-likeness (QED) is 0.167. The number of aliphatic carboxylic acids is 2. The third-order valence-electron chi connectivity index (χ3n) is 6.38. The van der Waals surface area contributed by atoms with E-state index in [1.54, 1.807) is 29.5 Å². The second-order valence-electron chi connectivity index (χ2n) is 9.62. The molecule has 0 aliphatic rings. The van der Waals surface area contributed by atoms with Gasteiger partial charge in [0.15, 0.2) is 9.84 Å². The number of unbranched alkanes of at least 4 members (excludes halogenated alkanes) is 3. The third-order valence-corrected chi connectivity index (χ3v) is 8.16. The van der Waals surface area contributed by atoms with Gasteiger partial charge in [-0.05, 0) is 95.4 Å². The van der Waals surface area contributed by atoms with Crippen molar-refractivity contribution in [2.75, 3.05) is 19.5 Å². The molecule has 1 aromatic heterocycles. The SMILES string of the molecule is CS(=O)(=O)c1cc(OCCCCCCc2cccc(OCCCC(=O)O)c2CCC(=O)O)cc(-c2ccsc2)c1. The molecule has 0 unspecified atom stereocenters. The summed E-state index contributed by atoms with van der Waals surface area (Å²) in [6, 6.07) is 12.7. The van der Waals surface area contributed by atoms with E-state index in [9.17, 15) is 23.1 Å². The normalized spacial score (nSPS) is 11.3. The third kappa shape index (κ3) is 10.3. The first-order valence-corrected chi connectivity index (χ1v) is 16.1. The van der Waals surface area contributed by atoms with Crippen LogP contribution in [0.1, 0.15) is 56.1 Å². The number of sulfone groups is 1. The highest BCUT2D eigenvalue weighted by molar-refractivity contribution is 7.90. The van der Waals surface area contributed by atoms with Crippen LogP contribution in [0.2, 0.25) is 0 Å². The molecule has 0 saturated carbocycles. The minimum absolute atomic E-state index is 0.00546. The molecule has 0 amide bonds. The van der Waals surface area contributed by atoms with E-state index < -0.39 is 21.8 Å². The number of thiophene rings is 1. The Balaban J connectivity index is 1.50. The van der Waals surface area contributed by atoms with Gasteiger partial charge < -0.3 is 19.7 Å². The van der Waals surface area contributed by atoms with Gasteiger partial charge in [-0.25, -0.2) is 8.42 Å². The average molecular weight is 589 g/mol. The summed E-state index contributed by atoms with van der Waals surface area (Å²) >= 11 is 1.55. The van der Waals surface area contributed by atoms with Crippen molar-refractivity contribution in [3.05, 3.63) is 64.4 Å². The molecule has 3 aromatic rings. The van der Waals surface area contributed by atoms with Gasteiger partial charge in [0.25, 0.3) is 0 Å². The molecule has 0 radical (unpaired) electrons. The molecule has 0 bridgehead atoms. The summed E-state index contributed by atoms with van der Waals surface area (Å²) in [5.41, 5.74) is 3.69. The number of benzene rings is 2. The summed E-state index contributed by atoms with van der Waals surface area (Å²) in [4.78, 5) is 22.2. The van der Waals surface area contributed by atoms with Crippen molar-refractivity contribution in [2.45, 2.75) is 62.7 Å². The smallest absolute Gasteiger partial charge is 0.303 e. The Morgan fingerprint density at radius 3 is 2.27 bits per heavy atom. The number of carbonyl (C=O) groups is 2. The Hall–Kier alpha value is -3.37. The minimum Gasteiger partial charge on any atom is -0.494 e. The monoisotopic (exact) mass is 588 g/mol. The zero-order valence-corrected chi connectivity index (χ0v) is 24.3. The van der Waals surface area contributed by atoms with Crippen molar-refractivity contribution in [3.63, 3.8) is 0 Å². The molecule has 8 nitrogen and oxygen atoms in total. The zero-order valence-electron chi connectivity index (χ0n) is 22.6. The van der Waals surface area contributed by atoms with Crippen LogP contribution in [0.4, 0.5) is 0 Å². The minimum atomic E-state index is -3.38. The number of aryl methyl sites for hydroxylation is 1. The molecule has 1 heterocycles. The van der Waals surface area contributed by atoms with Crippen LogP contribution in [-0.2, 0) is 32.3 Å². The van der Waals surface area contributed by atoms with E-state index in [2.05, 4.69) is 0 Å². The van der Waals surface area contributed by atoms with Crippen molar-refractivity contribution >= 4 is 33.1 Å². The molecule has 10 heteroatoms. The van der Waals surface area contributed by atoms with Gasteiger partial charge in [0.05, 0.1) is 18.1 Å². The molecular formula is C30H36O8S2. The van der Waals surface area contributed by atoms with Crippen molar-refractivity contribution in [1.29, 1.82) is 0 Å². The Morgan fingerprint density at radius 2 is 1.57 bits per heavy atom. The zero-order chi connectivity index (χ0) is 29.0. The lowest BCUT2D eigenvalue weighted by Crippen LogP contribution is -2.07. The summed E-state index contributed by atoms with van der Waals surface area (Å²) in [5.74, 6) is -0.599. The van der Waals surface area contributed by atoms with Crippen molar-refractivity contribution in [1.82, 2.24) is 0 Å². The van der Waals surface area contributed by atoms with Gasteiger partial charge in [0, 0.05) is 19.1 Å². The lowest BCUT2D eigenvalue weighted by molar-refractivity contribution is -0.138. The van der Waals surface area contributed by atoms with Crippen molar-refractivity contribution < 1.29 is 37.7 Å². The summed E-state index contributed by atoms with van der Waals surface area (Å²) in [6.07, 6.45) is 6.33. The number of carboxylic acid groups (broad SMARTS) is 2. The van der Waals surface area contributed by atoms with Crippen LogP contribution in [-0.4, -0.2) is 50.0 Å². The predicted octanol–water partition coefficient (Wildman–Crippen LogP) is 6.26. The first-order chi connectivity index (χ1) is 19.1. The topological polar surface area (TPSA) is 127 Å². The van der Waals surface area contributed by atoms with Gasteiger partial charge in [0.1, 0.15) is 11.5 Å². The number of ether oxygens (including phenoxy) is 2. The number of carboxylic acids is 2. The lowest BCUT2D eigenvalue weighted by Gasteiger charge is -2.15. The first kappa shape index (κ1) is 31.2. The molecule has 3 rings (SSSR count). The van der Waals surface area contributed by atoms with E-state index in [-0.39, 0.29) is 24.3 Å². The fourth-order valence-electron chi connectivity index (χ4n) is 4.33. The van der Waals surface area contributed by atoms with Gasteiger partial charge in [0.2, 0.25) is 0 Å². The number of hydrogen-bond donors (Lipinski definition) is 2. The van der Waals surface area contributed by atoms with Gasteiger partial charge in [-0.15, -0.1) is 0 Å². The average Bonchev–Trinajstić information content (AvgIpc) is 3.44. The van der Waals surface area contributed by atoms with Gasteiger partial charge in [-0.3, -0.25) is 9.59 Å². The van der Waals surface area contributed by atoms with Crippen LogP contribution < -0.4 is 9.47 Å². The number of rotatable bonds is 18. The molecule has 0 saturated heterocycles. The molecule has 2 aromatic carbocycles. The van der Waals surface area contributed by atoms with E-state index in [1.807, 2.05) is 35.0 Å². The maximum atomic E-state index is 12.2. The van der Waals surface area contributed by atoms with E-state index in [1.165, 1.54) is 6.26 Å². The molecule has 0 atom stereocenters. The molecule has 2 N–H and O–H groups in total. The number of hydrogen-bond acceptors (Lipinski definition) is 7. The second kappa shape index (κ2) is 15.4. The van der Waals surface area contributed by atoms with E-state index >= 15 is 0 Å². The fraction of sp³-hybridized carbons (Fsp3) is 0.400. The second-order valence-corrected chi connectivity index (χ2v) is 12.4. The highest BCUT2D eigenvalue weighted by atomic mass is 32.2. The highest BCUT2D eigenvalue weighted by Crippen LogP contribution is 2.30.